The molecule has 3 aromatic carbocycles. The Hall–Kier alpha value is -2.26. The van der Waals surface area contributed by atoms with E-state index in [1.165, 1.54) is 0 Å². The van der Waals surface area contributed by atoms with Crippen molar-refractivity contribution in [1.82, 2.24) is 4.90 Å². The van der Waals surface area contributed by atoms with Gasteiger partial charge in [0.15, 0.2) is 5.69 Å². The summed E-state index contributed by atoms with van der Waals surface area (Å²) in [6.45, 7) is 10.2. The zero-order valence-corrected chi connectivity index (χ0v) is 20.5. The molecular weight excluding hydrogens is 477 g/mol. The van der Waals surface area contributed by atoms with E-state index in [0.717, 1.165) is 36.4 Å². The number of halogens is 3. The van der Waals surface area contributed by atoms with Gasteiger partial charge < -0.3 is 9.64 Å². The quantitative estimate of drug-likeness (QED) is 0.328. The molecule has 0 radical (unpaired) electrons. The van der Waals surface area contributed by atoms with Gasteiger partial charge in [0.05, 0.1) is 36.0 Å². The summed E-state index contributed by atoms with van der Waals surface area (Å²) in [5.41, 5.74) is 3.90. The van der Waals surface area contributed by atoms with Gasteiger partial charge in [-0.1, -0.05) is 71.2 Å². The third kappa shape index (κ3) is 5.46. The van der Waals surface area contributed by atoms with Crippen molar-refractivity contribution in [2.75, 3.05) is 38.3 Å². The van der Waals surface area contributed by atoms with Crippen LogP contribution in [0.15, 0.2) is 66.7 Å². The van der Waals surface area contributed by atoms with Gasteiger partial charge in [0, 0.05) is 36.8 Å². The first-order valence-electron chi connectivity index (χ1n) is 10.7. The van der Waals surface area contributed by atoms with Crippen LogP contribution in [0.2, 0.25) is 15.1 Å². The minimum Gasteiger partial charge on any atom is -0.383 e. The number of methoxy groups -OCH3 is 1. The molecule has 0 bridgehead atoms. The highest BCUT2D eigenvalue weighted by molar-refractivity contribution is 6.36. The van der Waals surface area contributed by atoms with Crippen LogP contribution in [0.3, 0.4) is 0 Å². The minimum absolute atomic E-state index is 0.0663. The van der Waals surface area contributed by atoms with E-state index in [4.69, 9.17) is 46.1 Å². The van der Waals surface area contributed by atoms with Gasteiger partial charge >= 0.3 is 0 Å². The molecule has 1 aliphatic heterocycles. The van der Waals surface area contributed by atoms with Crippen molar-refractivity contribution in [3.63, 3.8) is 0 Å². The van der Waals surface area contributed by atoms with Gasteiger partial charge in [0.1, 0.15) is 0 Å². The van der Waals surface area contributed by atoms with Crippen molar-refractivity contribution in [3.8, 4) is 0 Å². The standard InChI is InChI=1S/C26H24Cl3N3O/c1-30-22-10-5-19(6-11-22)26(17-33-2)31-13-14-32(24-12-9-21(28)15-23(24)29)25(16-31)18-3-7-20(27)8-4-18/h3-12,15,25-26H,13-14,16-17H2,2H3/t25-,26+/m0/s1. The SMILES string of the molecule is [C-]#[N+]c1ccc([C@@H](COC)N2CCN(c3ccc(Cl)cc3Cl)[C@H](c3ccc(Cl)cc3)C2)cc1. The van der Waals surface area contributed by atoms with Crippen molar-refractivity contribution in [2.24, 2.45) is 0 Å². The molecule has 1 aliphatic rings. The Morgan fingerprint density at radius 2 is 1.67 bits per heavy atom. The fraction of sp³-hybridized carbons (Fsp3) is 0.269. The fourth-order valence-electron chi connectivity index (χ4n) is 4.40. The molecule has 0 unspecified atom stereocenters. The van der Waals surface area contributed by atoms with Gasteiger partial charge in [-0.3, -0.25) is 4.90 Å². The molecule has 2 atom stereocenters. The molecule has 1 fully saturated rings. The second kappa shape index (κ2) is 10.8. The fourth-order valence-corrected chi connectivity index (χ4v) is 5.04. The van der Waals surface area contributed by atoms with Crippen molar-refractivity contribution < 1.29 is 4.74 Å². The van der Waals surface area contributed by atoms with Crippen LogP contribution in [0.5, 0.6) is 0 Å². The number of ether oxygens (including phenoxy) is 1. The molecule has 0 saturated carbocycles. The first-order chi connectivity index (χ1) is 16.0. The molecule has 33 heavy (non-hydrogen) atoms. The Kier molecular flexibility index (Phi) is 7.80. The number of nitrogens with zero attached hydrogens (tertiary/aromatic N) is 3. The summed E-state index contributed by atoms with van der Waals surface area (Å²) in [6.07, 6.45) is 0. The molecule has 0 aromatic heterocycles. The Balaban J connectivity index is 1.68. The van der Waals surface area contributed by atoms with Crippen LogP contribution < -0.4 is 4.90 Å². The van der Waals surface area contributed by atoms with E-state index in [-0.39, 0.29) is 12.1 Å². The van der Waals surface area contributed by atoms with Gasteiger partial charge in [-0.15, -0.1) is 0 Å². The molecular formula is C26H24Cl3N3O. The van der Waals surface area contributed by atoms with Crippen molar-refractivity contribution in [2.45, 2.75) is 12.1 Å². The molecule has 0 spiro atoms. The van der Waals surface area contributed by atoms with Crippen LogP contribution in [0.1, 0.15) is 23.2 Å². The predicted octanol–water partition coefficient (Wildman–Crippen LogP) is 7.45. The van der Waals surface area contributed by atoms with Gasteiger partial charge in [0.25, 0.3) is 0 Å². The maximum absolute atomic E-state index is 7.23. The number of rotatable bonds is 6. The Bertz CT molecular complexity index is 1130. The van der Waals surface area contributed by atoms with E-state index >= 15 is 0 Å². The van der Waals surface area contributed by atoms with Crippen molar-refractivity contribution >= 4 is 46.2 Å². The lowest BCUT2D eigenvalue weighted by molar-refractivity contribution is 0.0758. The summed E-state index contributed by atoms with van der Waals surface area (Å²) in [6, 6.07) is 21.6. The average Bonchev–Trinajstić information content (AvgIpc) is 2.83. The van der Waals surface area contributed by atoms with Gasteiger partial charge in [-0.2, -0.15) is 0 Å². The van der Waals surface area contributed by atoms with E-state index in [9.17, 15) is 0 Å². The van der Waals surface area contributed by atoms with E-state index in [1.54, 1.807) is 13.2 Å². The van der Waals surface area contributed by atoms with Gasteiger partial charge in [0.2, 0.25) is 0 Å². The second-order valence-electron chi connectivity index (χ2n) is 8.03. The topological polar surface area (TPSA) is 20.1 Å². The van der Waals surface area contributed by atoms with Crippen LogP contribution in [0.4, 0.5) is 11.4 Å². The molecule has 3 aromatic rings. The molecule has 0 amide bonds. The first kappa shape index (κ1) is 23.9. The largest absolute Gasteiger partial charge is 0.383 e. The number of piperazine rings is 1. The molecule has 1 saturated heterocycles. The van der Waals surface area contributed by atoms with Crippen LogP contribution in [-0.4, -0.2) is 38.3 Å². The monoisotopic (exact) mass is 499 g/mol. The molecule has 7 heteroatoms. The summed E-state index contributed by atoms with van der Waals surface area (Å²) in [4.78, 5) is 8.29. The van der Waals surface area contributed by atoms with Gasteiger partial charge in [-0.05, 0) is 41.5 Å². The highest BCUT2D eigenvalue weighted by atomic mass is 35.5. The summed E-state index contributed by atoms with van der Waals surface area (Å²) >= 11 is 18.9. The molecule has 4 rings (SSSR count). The maximum atomic E-state index is 7.23. The minimum atomic E-state index is 0.0663. The Morgan fingerprint density at radius 1 is 0.970 bits per heavy atom. The van der Waals surface area contributed by atoms with Crippen LogP contribution in [0.25, 0.3) is 4.85 Å². The highest BCUT2D eigenvalue weighted by Gasteiger charge is 2.33. The van der Waals surface area contributed by atoms with E-state index in [1.807, 2.05) is 48.5 Å². The van der Waals surface area contributed by atoms with Crippen molar-refractivity contribution in [3.05, 3.63) is 104 Å². The summed E-state index contributed by atoms with van der Waals surface area (Å²) < 4.78 is 5.60. The second-order valence-corrected chi connectivity index (χ2v) is 9.31. The lowest BCUT2D eigenvalue weighted by Gasteiger charge is -2.46. The molecule has 0 aliphatic carbocycles. The molecule has 4 nitrogen and oxygen atoms in total. The van der Waals surface area contributed by atoms with Crippen LogP contribution >= 0.6 is 34.8 Å². The normalized spacial score (nSPS) is 17.5. The summed E-state index contributed by atoms with van der Waals surface area (Å²) in [7, 11) is 1.72. The Labute approximate surface area is 210 Å². The molecule has 0 N–H and O–H groups in total. The lowest BCUT2D eigenvalue weighted by atomic mass is 9.98. The smallest absolute Gasteiger partial charge is 0.187 e. The van der Waals surface area contributed by atoms with E-state index in [2.05, 4.69) is 26.8 Å². The average molecular weight is 501 g/mol. The summed E-state index contributed by atoms with van der Waals surface area (Å²) in [5.74, 6) is 0. The Morgan fingerprint density at radius 3 is 2.30 bits per heavy atom. The summed E-state index contributed by atoms with van der Waals surface area (Å²) in [5, 5.41) is 1.96. The third-order valence-corrected chi connectivity index (χ3v) is 6.85. The van der Waals surface area contributed by atoms with Crippen LogP contribution in [-0.2, 0) is 4.74 Å². The van der Waals surface area contributed by atoms with E-state index in [0.29, 0.717) is 27.4 Å². The highest BCUT2D eigenvalue weighted by Crippen LogP contribution is 2.38. The molecule has 170 valence electrons. The van der Waals surface area contributed by atoms with Crippen molar-refractivity contribution in [1.29, 1.82) is 0 Å². The predicted molar refractivity (Wildman–Crippen MR) is 137 cm³/mol. The molecule has 1 heterocycles. The number of hydrogen-bond donors (Lipinski definition) is 0. The third-order valence-electron chi connectivity index (χ3n) is 6.06. The van der Waals surface area contributed by atoms with Crippen LogP contribution in [0, 0.1) is 6.57 Å². The first-order valence-corrected chi connectivity index (χ1v) is 11.8. The zero-order chi connectivity index (χ0) is 23.4. The number of anilines is 1. The number of hydrogen-bond acceptors (Lipinski definition) is 3. The van der Waals surface area contributed by atoms with E-state index < -0.39 is 0 Å². The maximum Gasteiger partial charge on any atom is 0.187 e. The lowest BCUT2D eigenvalue weighted by Crippen LogP contribution is -2.50. The zero-order valence-electron chi connectivity index (χ0n) is 18.2. The number of benzene rings is 3. The van der Waals surface area contributed by atoms with Gasteiger partial charge in [-0.25, -0.2) is 4.85 Å².